The zero-order valence-corrected chi connectivity index (χ0v) is 10.9. The van der Waals surface area contributed by atoms with E-state index in [1.54, 1.807) is 14.1 Å². The molecule has 0 unspecified atom stereocenters. The van der Waals surface area contributed by atoms with Gasteiger partial charge in [-0.1, -0.05) is 0 Å². The lowest BCUT2D eigenvalue weighted by Crippen LogP contribution is -2.38. The van der Waals surface area contributed by atoms with Crippen molar-refractivity contribution in [3.63, 3.8) is 0 Å². The molecule has 1 aromatic rings. The minimum absolute atomic E-state index is 0.0654. The summed E-state index contributed by atoms with van der Waals surface area (Å²) in [4.78, 5) is 12.7. The molecule has 0 aliphatic carbocycles. The summed E-state index contributed by atoms with van der Waals surface area (Å²) in [5.74, 6) is 0. The molecule has 0 saturated carbocycles. The van der Waals surface area contributed by atoms with Crippen LogP contribution < -0.4 is 10.6 Å². The first-order valence-corrected chi connectivity index (χ1v) is 5.65. The fraction of sp³-hybridized carbons (Fsp3) is 0.636. The van der Waals surface area contributed by atoms with E-state index in [1.165, 1.54) is 10.5 Å². The molecule has 96 valence electrons. The largest absolute Gasteiger partial charge is 0.337 e. The average molecular weight is 239 g/mol. The van der Waals surface area contributed by atoms with E-state index >= 15 is 0 Å². The minimum atomic E-state index is -0.0654. The number of nitrogens with one attached hydrogen (secondary N) is 2. The number of aryl methyl sites for hydroxylation is 1. The quantitative estimate of drug-likeness (QED) is 0.716. The molecule has 1 aromatic heterocycles. The van der Waals surface area contributed by atoms with Crippen molar-refractivity contribution in [1.82, 2.24) is 25.3 Å². The van der Waals surface area contributed by atoms with Gasteiger partial charge in [0, 0.05) is 52.0 Å². The van der Waals surface area contributed by atoms with Crippen molar-refractivity contribution >= 4 is 6.03 Å². The van der Waals surface area contributed by atoms with Gasteiger partial charge in [0.25, 0.3) is 0 Å². The van der Waals surface area contributed by atoms with Crippen molar-refractivity contribution in [2.24, 2.45) is 7.05 Å². The monoisotopic (exact) mass is 239 g/mol. The highest BCUT2D eigenvalue weighted by atomic mass is 16.2. The SMILES string of the molecule is Cc1c(CNCCNC(=O)N(C)C)cnn1C. The summed E-state index contributed by atoms with van der Waals surface area (Å²) in [6.07, 6.45) is 1.86. The second-order valence-electron chi connectivity index (χ2n) is 4.18. The maximum Gasteiger partial charge on any atom is 0.316 e. The van der Waals surface area contributed by atoms with E-state index in [9.17, 15) is 4.79 Å². The number of urea groups is 1. The van der Waals surface area contributed by atoms with Crippen LogP contribution in [0.4, 0.5) is 4.79 Å². The summed E-state index contributed by atoms with van der Waals surface area (Å²) in [5.41, 5.74) is 2.35. The van der Waals surface area contributed by atoms with Crippen molar-refractivity contribution in [3.05, 3.63) is 17.5 Å². The Bertz CT molecular complexity index is 372. The summed E-state index contributed by atoms with van der Waals surface area (Å²) < 4.78 is 1.85. The van der Waals surface area contributed by atoms with E-state index in [0.29, 0.717) is 6.54 Å². The van der Waals surface area contributed by atoms with E-state index in [4.69, 9.17) is 0 Å². The molecule has 0 fully saturated rings. The third kappa shape index (κ3) is 4.07. The van der Waals surface area contributed by atoms with Crippen LogP contribution in [0, 0.1) is 6.92 Å². The Morgan fingerprint density at radius 3 is 2.71 bits per heavy atom. The Morgan fingerprint density at radius 2 is 2.18 bits per heavy atom. The molecule has 0 aromatic carbocycles. The van der Waals surface area contributed by atoms with Gasteiger partial charge in [0.2, 0.25) is 0 Å². The third-order valence-electron chi connectivity index (χ3n) is 2.64. The van der Waals surface area contributed by atoms with Gasteiger partial charge >= 0.3 is 6.03 Å². The van der Waals surface area contributed by atoms with Gasteiger partial charge in [-0.2, -0.15) is 5.10 Å². The molecule has 0 spiro atoms. The summed E-state index contributed by atoms with van der Waals surface area (Å²) in [6.45, 7) is 4.18. The molecule has 17 heavy (non-hydrogen) atoms. The fourth-order valence-electron chi connectivity index (χ4n) is 1.36. The fourth-order valence-corrected chi connectivity index (χ4v) is 1.36. The first kappa shape index (κ1) is 13.5. The molecule has 0 saturated heterocycles. The molecular weight excluding hydrogens is 218 g/mol. The van der Waals surface area contributed by atoms with Crippen LogP contribution in [-0.4, -0.2) is 47.9 Å². The minimum Gasteiger partial charge on any atom is -0.337 e. The van der Waals surface area contributed by atoms with E-state index in [0.717, 1.165) is 18.8 Å². The predicted molar refractivity (Wildman–Crippen MR) is 66.7 cm³/mol. The summed E-state index contributed by atoms with van der Waals surface area (Å²) in [7, 11) is 5.37. The predicted octanol–water partition coefficient (Wildman–Crippen LogP) is 0.0893. The zero-order valence-electron chi connectivity index (χ0n) is 10.9. The standard InChI is InChI=1S/C11H21N5O/c1-9-10(8-14-16(9)4)7-12-5-6-13-11(17)15(2)3/h8,12H,5-7H2,1-4H3,(H,13,17). The lowest BCUT2D eigenvalue weighted by molar-refractivity contribution is 0.217. The number of rotatable bonds is 5. The number of hydrogen-bond donors (Lipinski definition) is 2. The number of carbonyl (C=O) groups is 1. The van der Waals surface area contributed by atoms with Gasteiger partial charge in [-0.05, 0) is 6.92 Å². The van der Waals surface area contributed by atoms with E-state index in [2.05, 4.69) is 15.7 Å². The van der Waals surface area contributed by atoms with Crippen LogP contribution >= 0.6 is 0 Å². The van der Waals surface area contributed by atoms with Gasteiger partial charge in [0.1, 0.15) is 0 Å². The molecule has 2 N–H and O–H groups in total. The topological polar surface area (TPSA) is 62.2 Å². The Kier molecular flexibility index (Phi) is 4.96. The van der Waals surface area contributed by atoms with Crippen molar-refractivity contribution in [3.8, 4) is 0 Å². The molecular formula is C11H21N5O. The number of nitrogens with zero attached hydrogens (tertiary/aromatic N) is 3. The van der Waals surface area contributed by atoms with Gasteiger partial charge in [0.15, 0.2) is 0 Å². The normalized spacial score (nSPS) is 10.4. The smallest absolute Gasteiger partial charge is 0.316 e. The van der Waals surface area contributed by atoms with Crippen LogP contribution in [0.2, 0.25) is 0 Å². The van der Waals surface area contributed by atoms with Gasteiger partial charge in [-0.3, -0.25) is 4.68 Å². The second kappa shape index (κ2) is 6.24. The Labute approximate surface area is 102 Å². The molecule has 0 aliphatic rings. The second-order valence-corrected chi connectivity index (χ2v) is 4.18. The van der Waals surface area contributed by atoms with Crippen LogP contribution in [0.1, 0.15) is 11.3 Å². The highest BCUT2D eigenvalue weighted by Gasteiger charge is 2.03. The van der Waals surface area contributed by atoms with E-state index in [1.807, 2.05) is 24.9 Å². The molecule has 0 radical (unpaired) electrons. The first-order valence-electron chi connectivity index (χ1n) is 5.65. The van der Waals surface area contributed by atoms with E-state index in [-0.39, 0.29) is 6.03 Å². The van der Waals surface area contributed by atoms with Crippen molar-refractivity contribution < 1.29 is 4.79 Å². The maximum absolute atomic E-state index is 11.2. The first-order chi connectivity index (χ1) is 8.02. The van der Waals surface area contributed by atoms with Crippen LogP contribution in [0.15, 0.2) is 6.20 Å². The van der Waals surface area contributed by atoms with Crippen LogP contribution in [0.5, 0.6) is 0 Å². The summed E-state index contributed by atoms with van der Waals surface area (Å²) in [6, 6.07) is -0.0654. The molecule has 0 atom stereocenters. The van der Waals surface area contributed by atoms with Crippen LogP contribution in [0.3, 0.4) is 0 Å². The molecule has 2 amide bonds. The zero-order chi connectivity index (χ0) is 12.8. The highest BCUT2D eigenvalue weighted by molar-refractivity contribution is 5.73. The molecule has 0 aliphatic heterocycles. The van der Waals surface area contributed by atoms with Crippen molar-refractivity contribution in [2.75, 3.05) is 27.2 Å². The number of hydrogen-bond acceptors (Lipinski definition) is 3. The van der Waals surface area contributed by atoms with E-state index < -0.39 is 0 Å². The molecule has 6 heteroatoms. The number of amides is 2. The average Bonchev–Trinajstić information content (AvgIpc) is 2.59. The van der Waals surface area contributed by atoms with Gasteiger partial charge in [-0.15, -0.1) is 0 Å². The van der Waals surface area contributed by atoms with Crippen molar-refractivity contribution in [2.45, 2.75) is 13.5 Å². The third-order valence-corrected chi connectivity index (χ3v) is 2.64. The molecule has 6 nitrogen and oxygen atoms in total. The van der Waals surface area contributed by atoms with Crippen LogP contribution in [0.25, 0.3) is 0 Å². The molecule has 1 rings (SSSR count). The lowest BCUT2D eigenvalue weighted by atomic mass is 10.2. The summed E-state index contributed by atoms with van der Waals surface area (Å²) >= 11 is 0. The Hall–Kier alpha value is -1.56. The Morgan fingerprint density at radius 1 is 1.47 bits per heavy atom. The van der Waals surface area contributed by atoms with Gasteiger partial charge in [0.05, 0.1) is 6.20 Å². The van der Waals surface area contributed by atoms with Crippen molar-refractivity contribution in [1.29, 1.82) is 0 Å². The molecule has 0 bridgehead atoms. The highest BCUT2D eigenvalue weighted by Crippen LogP contribution is 2.03. The van der Waals surface area contributed by atoms with Gasteiger partial charge in [-0.25, -0.2) is 4.79 Å². The Balaban J connectivity index is 2.17. The number of aromatic nitrogens is 2. The molecule has 1 heterocycles. The maximum atomic E-state index is 11.2. The summed E-state index contributed by atoms with van der Waals surface area (Å²) in [5, 5.41) is 10.2. The van der Waals surface area contributed by atoms with Gasteiger partial charge < -0.3 is 15.5 Å². The number of carbonyl (C=O) groups excluding carboxylic acids is 1. The lowest BCUT2D eigenvalue weighted by Gasteiger charge is -2.12. The van der Waals surface area contributed by atoms with Crippen LogP contribution in [-0.2, 0) is 13.6 Å².